The molecule has 3 rings (SSSR count). The predicted molar refractivity (Wildman–Crippen MR) is 88.5 cm³/mol. The zero-order valence-corrected chi connectivity index (χ0v) is 13.4. The molecule has 20 heavy (non-hydrogen) atoms. The first-order valence-electron chi connectivity index (χ1n) is 6.26. The van der Waals surface area contributed by atoms with Crippen LogP contribution >= 0.6 is 27.3 Å². The van der Waals surface area contributed by atoms with Crippen LogP contribution < -0.4 is 10.5 Å². The number of halogens is 1. The molecule has 0 aliphatic heterocycles. The van der Waals surface area contributed by atoms with Crippen LogP contribution in [0.15, 0.2) is 52.3 Å². The van der Waals surface area contributed by atoms with Gasteiger partial charge < -0.3 is 10.5 Å². The monoisotopic (exact) mass is 347 g/mol. The molecule has 3 aromatic rings. The molecular weight excluding hydrogens is 334 g/mol. The second-order valence-electron chi connectivity index (χ2n) is 4.55. The van der Waals surface area contributed by atoms with Crippen LogP contribution in [0.2, 0.25) is 0 Å². The average molecular weight is 348 g/mol. The van der Waals surface area contributed by atoms with Crippen LogP contribution in [0.4, 0.5) is 0 Å². The minimum Gasteiger partial charge on any atom is -0.496 e. The average Bonchev–Trinajstić information content (AvgIpc) is 2.96. The number of benzene rings is 2. The number of thiophene rings is 1. The summed E-state index contributed by atoms with van der Waals surface area (Å²) in [4.78, 5) is 1.11. The smallest absolute Gasteiger partial charge is 0.129 e. The van der Waals surface area contributed by atoms with Crippen LogP contribution in [-0.2, 0) is 0 Å². The highest BCUT2D eigenvalue weighted by molar-refractivity contribution is 9.10. The third-order valence-electron chi connectivity index (χ3n) is 3.38. The fourth-order valence-electron chi connectivity index (χ4n) is 2.31. The van der Waals surface area contributed by atoms with Crippen molar-refractivity contribution >= 4 is 38.0 Å². The Morgan fingerprint density at radius 3 is 2.60 bits per heavy atom. The summed E-state index contributed by atoms with van der Waals surface area (Å²) < 4.78 is 6.33. The highest BCUT2D eigenvalue weighted by Crippen LogP contribution is 2.35. The number of ether oxygens (including phenoxy) is 1. The van der Waals surface area contributed by atoms with E-state index in [1.807, 2.05) is 23.6 Å². The lowest BCUT2D eigenvalue weighted by Crippen LogP contribution is -2.10. The third kappa shape index (κ3) is 2.35. The SMILES string of the molecule is COc1csc(C(N)c2ccc(Br)c3ccccc23)c1. The van der Waals surface area contributed by atoms with Gasteiger partial charge in [-0.2, -0.15) is 0 Å². The number of hydrogen-bond donors (Lipinski definition) is 1. The lowest BCUT2D eigenvalue weighted by atomic mass is 9.98. The Morgan fingerprint density at radius 2 is 1.90 bits per heavy atom. The summed E-state index contributed by atoms with van der Waals surface area (Å²) in [5.74, 6) is 0.863. The summed E-state index contributed by atoms with van der Waals surface area (Å²) in [6.45, 7) is 0. The largest absolute Gasteiger partial charge is 0.496 e. The minimum atomic E-state index is -0.137. The van der Waals surface area contributed by atoms with Gasteiger partial charge in [0.05, 0.1) is 13.2 Å². The molecule has 0 spiro atoms. The first kappa shape index (κ1) is 13.6. The van der Waals surface area contributed by atoms with Crippen molar-refractivity contribution in [3.05, 3.63) is 62.8 Å². The van der Waals surface area contributed by atoms with Crippen molar-refractivity contribution in [1.29, 1.82) is 0 Å². The van der Waals surface area contributed by atoms with E-state index in [2.05, 4.69) is 40.2 Å². The van der Waals surface area contributed by atoms with Crippen LogP contribution in [-0.4, -0.2) is 7.11 Å². The maximum absolute atomic E-state index is 6.44. The van der Waals surface area contributed by atoms with E-state index < -0.39 is 0 Å². The highest BCUT2D eigenvalue weighted by Gasteiger charge is 2.15. The Bertz CT molecular complexity index is 753. The summed E-state index contributed by atoms with van der Waals surface area (Å²) in [7, 11) is 1.67. The minimum absolute atomic E-state index is 0.137. The second kappa shape index (κ2) is 5.56. The molecule has 1 aromatic heterocycles. The number of methoxy groups -OCH3 is 1. The predicted octanol–water partition coefficient (Wildman–Crippen LogP) is 4.72. The normalized spacial score (nSPS) is 12.6. The Kier molecular flexibility index (Phi) is 3.78. The van der Waals surface area contributed by atoms with Crippen molar-refractivity contribution in [3.8, 4) is 5.75 Å². The van der Waals surface area contributed by atoms with Gasteiger partial charge in [0.15, 0.2) is 0 Å². The quantitative estimate of drug-likeness (QED) is 0.743. The first-order chi connectivity index (χ1) is 9.70. The molecule has 0 saturated heterocycles. The topological polar surface area (TPSA) is 35.2 Å². The zero-order valence-electron chi connectivity index (χ0n) is 11.0. The van der Waals surface area contributed by atoms with E-state index in [1.54, 1.807) is 18.4 Å². The van der Waals surface area contributed by atoms with E-state index in [4.69, 9.17) is 10.5 Å². The molecule has 2 nitrogen and oxygen atoms in total. The van der Waals surface area contributed by atoms with Crippen molar-refractivity contribution < 1.29 is 4.74 Å². The number of hydrogen-bond acceptors (Lipinski definition) is 3. The number of rotatable bonds is 3. The van der Waals surface area contributed by atoms with Gasteiger partial charge in [0.2, 0.25) is 0 Å². The van der Waals surface area contributed by atoms with E-state index in [0.717, 1.165) is 20.7 Å². The molecule has 0 saturated carbocycles. The maximum Gasteiger partial charge on any atom is 0.129 e. The summed E-state index contributed by atoms with van der Waals surface area (Å²) in [5.41, 5.74) is 7.57. The van der Waals surface area contributed by atoms with E-state index in [-0.39, 0.29) is 6.04 Å². The van der Waals surface area contributed by atoms with E-state index in [1.165, 1.54) is 10.8 Å². The maximum atomic E-state index is 6.44. The summed E-state index contributed by atoms with van der Waals surface area (Å²) in [6, 6.07) is 14.3. The molecule has 1 atom stereocenters. The molecule has 4 heteroatoms. The summed E-state index contributed by atoms with van der Waals surface area (Å²) in [5, 5.41) is 4.35. The van der Waals surface area contributed by atoms with Crippen molar-refractivity contribution in [2.45, 2.75) is 6.04 Å². The molecule has 102 valence electrons. The van der Waals surface area contributed by atoms with Crippen LogP contribution in [0.3, 0.4) is 0 Å². The Balaban J connectivity index is 2.12. The van der Waals surface area contributed by atoms with Crippen LogP contribution in [0, 0.1) is 0 Å². The lowest BCUT2D eigenvalue weighted by Gasteiger charge is -2.14. The Labute approximate surface area is 130 Å². The fourth-order valence-corrected chi connectivity index (χ4v) is 3.67. The standard InChI is InChI=1S/C16H14BrNOS/c1-19-10-8-15(20-9-10)16(18)13-6-7-14(17)12-5-3-2-4-11(12)13/h2-9,16H,18H2,1H3. The number of nitrogens with two attached hydrogens (primary N) is 1. The number of fused-ring (bicyclic) bond motifs is 1. The summed E-state index contributed by atoms with van der Waals surface area (Å²) >= 11 is 5.22. The van der Waals surface area contributed by atoms with Gasteiger partial charge in [-0.1, -0.05) is 46.3 Å². The van der Waals surface area contributed by atoms with E-state index in [0.29, 0.717) is 0 Å². The molecule has 2 N–H and O–H groups in total. The van der Waals surface area contributed by atoms with Gasteiger partial charge in [-0.3, -0.25) is 0 Å². The molecule has 0 radical (unpaired) electrons. The molecule has 0 fully saturated rings. The zero-order chi connectivity index (χ0) is 14.1. The van der Waals surface area contributed by atoms with Gasteiger partial charge in [0.25, 0.3) is 0 Å². The molecule has 1 unspecified atom stereocenters. The Morgan fingerprint density at radius 1 is 1.15 bits per heavy atom. The van der Waals surface area contributed by atoms with Gasteiger partial charge in [0.1, 0.15) is 5.75 Å². The molecule has 2 aromatic carbocycles. The first-order valence-corrected chi connectivity index (χ1v) is 7.93. The third-order valence-corrected chi connectivity index (χ3v) is 5.06. The van der Waals surface area contributed by atoms with Gasteiger partial charge in [-0.25, -0.2) is 0 Å². The van der Waals surface area contributed by atoms with Crippen LogP contribution in [0.25, 0.3) is 10.8 Å². The van der Waals surface area contributed by atoms with E-state index >= 15 is 0 Å². The van der Waals surface area contributed by atoms with Crippen LogP contribution in [0.5, 0.6) is 5.75 Å². The fraction of sp³-hybridized carbons (Fsp3) is 0.125. The van der Waals surface area contributed by atoms with Crippen molar-refractivity contribution in [2.75, 3.05) is 7.11 Å². The van der Waals surface area contributed by atoms with Crippen molar-refractivity contribution in [1.82, 2.24) is 0 Å². The lowest BCUT2D eigenvalue weighted by molar-refractivity contribution is 0.416. The van der Waals surface area contributed by atoms with E-state index in [9.17, 15) is 0 Å². The van der Waals surface area contributed by atoms with Gasteiger partial charge in [-0.15, -0.1) is 11.3 Å². The Hall–Kier alpha value is -1.36. The molecule has 1 heterocycles. The highest BCUT2D eigenvalue weighted by atomic mass is 79.9. The molecule has 0 aliphatic carbocycles. The van der Waals surface area contributed by atoms with Crippen molar-refractivity contribution in [2.24, 2.45) is 5.73 Å². The molecule has 0 amide bonds. The van der Waals surface area contributed by atoms with Gasteiger partial charge in [-0.05, 0) is 28.5 Å². The molecule has 0 aliphatic rings. The molecule has 0 bridgehead atoms. The van der Waals surface area contributed by atoms with Crippen molar-refractivity contribution in [3.63, 3.8) is 0 Å². The summed E-state index contributed by atoms with van der Waals surface area (Å²) in [6.07, 6.45) is 0. The second-order valence-corrected chi connectivity index (χ2v) is 6.35. The van der Waals surface area contributed by atoms with Crippen LogP contribution in [0.1, 0.15) is 16.5 Å². The van der Waals surface area contributed by atoms with Gasteiger partial charge >= 0.3 is 0 Å². The molecular formula is C16H14BrNOS. The van der Waals surface area contributed by atoms with Gasteiger partial charge in [0, 0.05) is 14.7 Å².